The number of benzene rings is 1. The number of nitrogens with one attached hydrogen (secondary N) is 1. The molecule has 0 spiro atoms. The Balaban J connectivity index is 1.92. The predicted molar refractivity (Wildman–Crippen MR) is 119 cm³/mol. The molecule has 28 heavy (non-hydrogen) atoms. The second-order valence-electron chi connectivity index (χ2n) is 6.11. The van der Waals surface area contributed by atoms with E-state index >= 15 is 0 Å². The van der Waals surface area contributed by atoms with Crippen LogP contribution in [-0.2, 0) is 12.8 Å². The Morgan fingerprint density at radius 3 is 2.68 bits per heavy atom. The lowest BCUT2D eigenvalue weighted by atomic mass is 10.1. The minimum absolute atomic E-state index is 0.290. The molecule has 0 saturated heterocycles. The lowest BCUT2D eigenvalue weighted by Crippen LogP contribution is -2.23. The van der Waals surface area contributed by atoms with Crippen LogP contribution in [0.2, 0.25) is 5.02 Å². The van der Waals surface area contributed by atoms with Crippen LogP contribution in [-0.4, -0.2) is 27.2 Å². The maximum Gasteiger partial charge on any atom is 0.289 e. The lowest BCUT2D eigenvalue weighted by Gasteiger charge is -2.07. The molecule has 1 aromatic carbocycles. The molecular formula is C20H21ClN4OS2. The number of hydrogen-bond acceptors (Lipinski definition) is 5. The smallest absolute Gasteiger partial charge is 0.266 e. The standard InChI is InChI=1S/C20H21ClN4OS2/c1-4-27-12-16-9-10-17(28-16)18(14-5-7-15(21)8-6-14)23-24-20(26)19-13(2)11-22-25(19)3/h5-11H,4,12H2,1-3H3,(H,24,26). The Kier molecular flexibility index (Phi) is 6.93. The average Bonchev–Trinajstić information content (AvgIpc) is 3.28. The molecule has 0 saturated carbocycles. The van der Waals surface area contributed by atoms with Crippen molar-refractivity contribution in [2.45, 2.75) is 19.6 Å². The topological polar surface area (TPSA) is 59.3 Å². The molecule has 1 amide bonds. The molecule has 0 aliphatic heterocycles. The van der Waals surface area contributed by atoms with E-state index in [0.29, 0.717) is 16.4 Å². The number of halogens is 1. The molecule has 0 atom stereocenters. The minimum atomic E-state index is -0.290. The van der Waals surface area contributed by atoms with Crippen molar-refractivity contribution in [1.29, 1.82) is 0 Å². The van der Waals surface area contributed by atoms with Gasteiger partial charge in [0.25, 0.3) is 5.91 Å². The zero-order valence-corrected chi connectivity index (χ0v) is 18.3. The van der Waals surface area contributed by atoms with Crippen LogP contribution in [0.5, 0.6) is 0 Å². The maximum atomic E-state index is 12.6. The van der Waals surface area contributed by atoms with E-state index in [-0.39, 0.29) is 5.91 Å². The van der Waals surface area contributed by atoms with Gasteiger partial charge in [-0.1, -0.05) is 30.7 Å². The summed E-state index contributed by atoms with van der Waals surface area (Å²) >= 11 is 9.59. The maximum absolute atomic E-state index is 12.6. The Labute approximate surface area is 177 Å². The SMILES string of the molecule is CCSCc1ccc(C(=NNC(=O)c2c(C)cnn2C)c2ccc(Cl)cc2)s1. The third-order valence-corrected chi connectivity index (χ3v) is 6.52. The highest BCUT2D eigenvalue weighted by Gasteiger charge is 2.16. The Hall–Kier alpha value is -2.09. The molecule has 146 valence electrons. The van der Waals surface area contributed by atoms with Crippen LogP contribution in [0.25, 0.3) is 0 Å². The number of aromatic nitrogens is 2. The molecule has 8 heteroatoms. The predicted octanol–water partition coefficient (Wildman–Crippen LogP) is 4.88. The van der Waals surface area contributed by atoms with E-state index in [4.69, 9.17) is 11.6 Å². The van der Waals surface area contributed by atoms with Gasteiger partial charge >= 0.3 is 0 Å². The first-order valence-electron chi connectivity index (χ1n) is 8.79. The van der Waals surface area contributed by atoms with Crippen LogP contribution in [0.1, 0.15) is 38.3 Å². The van der Waals surface area contributed by atoms with Crippen molar-refractivity contribution in [2.24, 2.45) is 12.1 Å². The van der Waals surface area contributed by atoms with E-state index in [1.807, 2.05) is 49.0 Å². The number of hydrazone groups is 1. The lowest BCUT2D eigenvalue weighted by molar-refractivity contribution is 0.0945. The van der Waals surface area contributed by atoms with E-state index < -0.39 is 0 Å². The van der Waals surface area contributed by atoms with Crippen LogP contribution in [0, 0.1) is 6.92 Å². The summed E-state index contributed by atoms with van der Waals surface area (Å²) in [6.07, 6.45) is 1.66. The summed E-state index contributed by atoms with van der Waals surface area (Å²) in [5.74, 6) is 1.75. The van der Waals surface area contributed by atoms with E-state index in [0.717, 1.165) is 27.5 Å². The number of thioether (sulfide) groups is 1. The van der Waals surface area contributed by atoms with Crippen molar-refractivity contribution >= 4 is 46.3 Å². The van der Waals surface area contributed by atoms with Gasteiger partial charge in [-0.15, -0.1) is 11.3 Å². The van der Waals surface area contributed by atoms with Crippen molar-refractivity contribution in [1.82, 2.24) is 15.2 Å². The fourth-order valence-corrected chi connectivity index (χ4v) is 4.62. The monoisotopic (exact) mass is 432 g/mol. The van der Waals surface area contributed by atoms with E-state index in [2.05, 4.69) is 28.6 Å². The fraction of sp³-hybridized carbons (Fsp3) is 0.250. The fourth-order valence-electron chi connectivity index (χ4n) is 2.69. The van der Waals surface area contributed by atoms with Crippen LogP contribution in [0.3, 0.4) is 0 Å². The van der Waals surface area contributed by atoms with Crippen LogP contribution in [0.4, 0.5) is 0 Å². The first kappa shape index (κ1) is 20.6. The van der Waals surface area contributed by atoms with Gasteiger partial charge in [0.2, 0.25) is 0 Å². The van der Waals surface area contributed by atoms with Gasteiger partial charge in [0, 0.05) is 33.8 Å². The third kappa shape index (κ3) is 4.84. The van der Waals surface area contributed by atoms with E-state index in [9.17, 15) is 4.79 Å². The number of carbonyl (C=O) groups is 1. The van der Waals surface area contributed by atoms with Gasteiger partial charge in [-0.2, -0.15) is 22.0 Å². The molecule has 0 aliphatic rings. The molecular weight excluding hydrogens is 412 g/mol. The third-order valence-electron chi connectivity index (χ3n) is 4.07. The number of rotatable bonds is 7. The summed E-state index contributed by atoms with van der Waals surface area (Å²) < 4.78 is 1.55. The van der Waals surface area contributed by atoms with E-state index in [1.165, 1.54) is 4.88 Å². The summed E-state index contributed by atoms with van der Waals surface area (Å²) in [6.45, 7) is 4.00. The molecule has 2 heterocycles. The normalized spacial score (nSPS) is 11.6. The molecule has 5 nitrogen and oxygen atoms in total. The molecule has 2 aromatic heterocycles. The number of amides is 1. The molecule has 0 fully saturated rings. The first-order chi connectivity index (χ1) is 13.5. The van der Waals surface area contributed by atoms with Gasteiger partial charge in [0.05, 0.1) is 11.1 Å². The molecule has 0 radical (unpaired) electrons. The molecule has 3 aromatic rings. The highest BCUT2D eigenvalue weighted by molar-refractivity contribution is 7.98. The Bertz CT molecular complexity index is 973. The van der Waals surface area contributed by atoms with Crippen molar-refractivity contribution < 1.29 is 4.79 Å². The van der Waals surface area contributed by atoms with Crippen molar-refractivity contribution in [3.8, 4) is 0 Å². The highest BCUT2D eigenvalue weighted by atomic mass is 35.5. The largest absolute Gasteiger partial charge is 0.289 e. The molecule has 0 bridgehead atoms. The summed E-state index contributed by atoms with van der Waals surface area (Å²) in [7, 11) is 1.74. The average molecular weight is 433 g/mol. The number of carbonyl (C=O) groups excluding carboxylic acids is 1. The Morgan fingerprint density at radius 2 is 2.04 bits per heavy atom. The molecule has 0 aliphatic carbocycles. The molecule has 1 N–H and O–H groups in total. The molecule has 3 rings (SSSR count). The van der Waals surface area contributed by atoms with Gasteiger partial charge in [-0.3, -0.25) is 9.48 Å². The van der Waals surface area contributed by atoms with Gasteiger partial charge in [0.1, 0.15) is 11.4 Å². The second kappa shape index (κ2) is 9.41. The highest BCUT2D eigenvalue weighted by Crippen LogP contribution is 2.25. The van der Waals surface area contributed by atoms with Gasteiger partial charge in [-0.05, 0) is 36.9 Å². The zero-order chi connectivity index (χ0) is 20.1. The number of hydrogen-bond donors (Lipinski definition) is 1. The number of thiophene rings is 1. The van der Waals surface area contributed by atoms with Gasteiger partial charge in [0.15, 0.2) is 0 Å². The van der Waals surface area contributed by atoms with Crippen molar-refractivity contribution in [3.05, 3.63) is 74.2 Å². The molecule has 0 unspecified atom stereocenters. The summed E-state index contributed by atoms with van der Waals surface area (Å²) in [6, 6.07) is 11.6. The minimum Gasteiger partial charge on any atom is -0.266 e. The van der Waals surface area contributed by atoms with Crippen LogP contribution < -0.4 is 5.43 Å². The van der Waals surface area contributed by atoms with Gasteiger partial charge < -0.3 is 0 Å². The summed E-state index contributed by atoms with van der Waals surface area (Å²) in [4.78, 5) is 14.9. The second-order valence-corrected chi connectivity index (χ2v) is 8.99. The quantitative estimate of drug-likeness (QED) is 0.427. The number of nitrogens with zero attached hydrogens (tertiary/aromatic N) is 3. The first-order valence-corrected chi connectivity index (χ1v) is 11.1. The van der Waals surface area contributed by atoms with E-state index in [1.54, 1.807) is 29.3 Å². The zero-order valence-electron chi connectivity index (χ0n) is 15.9. The van der Waals surface area contributed by atoms with Crippen LogP contribution in [0.15, 0.2) is 47.7 Å². The van der Waals surface area contributed by atoms with Crippen molar-refractivity contribution in [2.75, 3.05) is 5.75 Å². The van der Waals surface area contributed by atoms with Crippen molar-refractivity contribution in [3.63, 3.8) is 0 Å². The van der Waals surface area contributed by atoms with Gasteiger partial charge in [-0.25, -0.2) is 5.43 Å². The summed E-state index contributed by atoms with van der Waals surface area (Å²) in [5, 5.41) is 9.23. The summed E-state index contributed by atoms with van der Waals surface area (Å²) in [5.41, 5.74) is 5.58. The number of aryl methyl sites for hydroxylation is 2. The van der Waals surface area contributed by atoms with Crippen LogP contribution >= 0.6 is 34.7 Å². The Morgan fingerprint density at radius 1 is 1.29 bits per heavy atom.